The van der Waals surface area contributed by atoms with Crippen molar-refractivity contribution in [2.75, 3.05) is 0 Å². The van der Waals surface area contributed by atoms with E-state index in [1.807, 2.05) is 0 Å². The molecule has 5 heteroatoms. The van der Waals surface area contributed by atoms with E-state index in [1.54, 1.807) is 12.2 Å². The summed E-state index contributed by atoms with van der Waals surface area (Å²) in [7, 11) is 0. The highest BCUT2D eigenvalue weighted by atomic mass is 16.5. The molecule has 0 aromatic heterocycles. The third-order valence-corrected chi connectivity index (χ3v) is 2.07. The molecule has 2 aliphatic rings. The van der Waals surface area contributed by atoms with Gasteiger partial charge in [0.1, 0.15) is 12.2 Å². The summed E-state index contributed by atoms with van der Waals surface area (Å²) in [5.74, 6) is -2.46. The van der Waals surface area contributed by atoms with E-state index < -0.39 is 24.1 Å². The van der Waals surface area contributed by atoms with E-state index in [2.05, 4.69) is 0 Å². The molecule has 2 unspecified atom stereocenters. The monoisotopic (exact) mass is 182 g/mol. The molecule has 0 fully saturated rings. The maximum atomic E-state index is 10.7. The van der Waals surface area contributed by atoms with Gasteiger partial charge >= 0.3 is 11.9 Å². The second kappa shape index (κ2) is 2.43. The maximum absolute atomic E-state index is 10.7. The van der Waals surface area contributed by atoms with Crippen LogP contribution in [0.15, 0.2) is 23.3 Å². The molecule has 0 aromatic rings. The normalized spacial score (nSPS) is 29.8. The summed E-state index contributed by atoms with van der Waals surface area (Å²) in [5.41, 5.74) is -0.306. The number of carboxylic acid groups (broad SMARTS) is 2. The van der Waals surface area contributed by atoms with Gasteiger partial charge in [-0.2, -0.15) is 0 Å². The molecule has 2 rings (SSSR count). The van der Waals surface area contributed by atoms with E-state index >= 15 is 0 Å². The van der Waals surface area contributed by atoms with Crippen LogP contribution in [-0.4, -0.2) is 34.4 Å². The maximum Gasteiger partial charge on any atom is 0.335 e. The lowest BCUT2D eigenvalue weighted by Gasteiger charge is -2.04. The van der Waals surface area contributed by atoms with Crippen LogP contribution < -0.4 is 0 Å². The molecule has 13 heavy (non-hydrogen) atoms. The first kappa shape index (κ1) is 8.00. The molecule has 0 saturated carbocycles. The Morgan fingerprint density at radius 3 is 1.77 bits per heavy atom. The predicted octanol–water partition coefficient (Wildman–Crippen LogP) is -0.211. The van der Waals surface area contributed by atoms with Gasteiger partial charge in [-0.25, -0.2) is 9.59 Å². The van der Waals surface area contributed by atoms with Gasteiger partial charge in [0.2, 0.25) is 0 Å². The van der Waals surface area contributed by atoms with Crippen LogP contribution in [0.2, 0.25) is 0 Å². The van der Waals surface area contributed by atoms with Crippen molar-refractivity contribution in [2.45, 2.75) is 12.2 Å². The van der Waals surface area contributed by atoms with Gasteiger partial charge in [-0.3, -0.25) is 0 Å². The van der Waals surface area contributed by atoms with E-state index in [1.165, 1.54) is 0 Å². The molecule has 2 atom stereocenters. The number of carbonyl (C=O) groups is 2. The molecule has 0 aromatic carbocycles. The summed E-state index contributed by atoms with van der Waals surface area (Å²) in [6.07, 6.45) is 1.74. The number of aliphatic carboxylic acids is 2. The molecule has 2 N–H and O–H groups in total. The number of rotatable bonds is 2. The largest absolute Gasteiger partial charge is 0.478 e. The van der Waals surface area contributed by atoms with Crippen LogP contribution in [0.1, 0.15) is 0 Å². The van der Waals surface area contributed by atoms with E-state index in [-0.39, 0.29) is 11.1 Å². The fourth-order valence-corrected chi connectivity index (χ4v) is 1.56. The highest BCUT2D eigenvalue weighted by Crippen LogP contribution is 2.34. The molecule has 5 nitrogen and oxygen atoms in total. The van der Waals surface area contributed by atoms with Crippen LogP contribution in [0.3, 0.4) is 0 Å². The van der Waals surface area contributed by atoms with Crippen molar-refractivity contribution in [3.05, 3.63) is 23.3 Å². The molecule has 2 heterocycles. The van der Waals surface area contributed by atoms with Gasteiger partial charge < -0.3 is 14.9 Å². The first-order valence-electron chi connectivity index (χ1n) is 3.65. The number of hydrogen-bond donors (Lipinski definition) is 2. The van der Waals surface area contributed by atoms with Crippen molar-refractivity contribution in [3.63, 3.8) is 0 Å². The molecular weight excluding hydrogens is 176 g/mol. The summed E-state index contributed by atoms with van der Waals surface area (Å²) in [5, 5.41) is 17.4. The number of carboxylic acids is 2. The van der Waals surface area contributed by atoms with Gasteiger partial charge in [0.25, 0.3) is 0 Å². The van der Waals surface area contributed by atoms with Crippen molar-refractivity contribution in [3.8, 4) is 0 Å². The number of ether oxygens (including phenoxy) is 1. The third kappa shape index (κ3) is 0.972. The average molecular weight is 182 g/mol. The second-order valence-electron chi connectivity index (χ2n) is 2.80. The minimum atomic E-state index is -1.23. The van der Waals surface area contributed by atoms with E-state index in [9.17, 15) is 9.59 Å². The Bertz CT molecular complexity index is 320. The van der Waals surface area contributed by atoms with Crippen molar-refractivity contribution in [1.29, 1.82) is 0 Å². The fourth-order valence-electron chi connectivity index (χ4n) is 1.56. The molecule has 0 spiro atoms. The Morgan fingerprint density at radius 2 is 1.46 bits per heavy atom. The van der Waals surface area contributed by atoms with Gasteiger partial charge in [0.05, 0.1) is 11.1 Å². The number of hydrogen-bond acceptors (Lipinski definition) is 3. The standard InChI is InChI=1S/C8H6O5/c9-7(10)5-3-1-2-4(13-3)6(5)8(11)12/h1-4H,(H,9,10)(H,11,12). The summed E-state index contributed by atoms with van der Waals surface area (Å²) < 4.78 is 5.07. The molecule has 2 aliphatic heterocycles. The molecule has 0 amide bonds. The van der Waals surface area contributed by atoms with E-state index in [4.69, 9.17) is 14.9 Å². The first-order chi connectivity index (χ1) is 6.11. The first-order valence-corrected chi connectivity index (χ1v) is 3.65. The molecule has 0 aliphatic carbocycles. The molecule has 0 saturated heterocycles. The Balaban J connectivity index is 2.48. The fraction of sp³-hybridized carbons (Fsp3) is 0.250. The SMILES string of the molecule is O=C(O)C1=C(C(=O)O)C2C=CC1O2. The zero-order valence-corrected chi connectivity index (χ0v) is 6.43. The lowest BCUT2D eigenvalue weighted by Crippen LogP contribution is -2.18. The van der Waals surface area contributed by atoms with Crippen LogP contribution in [0.25, 0.3) is 0 Å². The number of fused-ring (bicyclic) bond motifs is 2. The molecule has 2 bridgehead atoms. The van der Waals surface area contributed by atoms with Gasteiger partial charge in [-0.15, -0.1) is 0 Å². The lowest BCUT2D eigenvalue weighted by molar-refractivity contribution is -0.135. The van der Waals surface area contributed by atoms with Crippen LogP contribution in [0.5, 0.6) is 0 Å². The minimum Gasteiger partial charge on any atom is -0.478 e. The third-order valence-electron chi connectivity index (χ3n) is 2.07. The topological polar surface area (TPSA) is 83.8 Å². The van der Waals surface area contributed by atoms with Crippen molar-refractivity contribution in [2.24, 2.45) is 0 Å². The zero-order chi connectivity index (χ0) is 9.59. The average Bonchev–Trinajstić information content (AvgIpc) is 2.60. The summed E-state index contributed by atoms with van der Waals surface area (Å²) in [4.78, 5) is 21.3. The highest BCUT2D eigenvalue weighted by Gasteiger charge is 2.42. The van der Waals surface area contributed by atoms with Crippen molar-refractivity contribution < 1.29 is 24.5 Å². The summed E-state index contributed by atoms with van der Waals surface area (Å²) >= 11 is 0. The van der Waals surface area contributed by atoms with Gasteiger partial charge in [-0.05, 0) is 0 Å². The van der Waals surface area contributed by atoms with Gasteiger partial charge in [0, 0.05) is 0 Å². The van der Waals surface area contributed by atoms with Crippen LogP contribution in [-0.2, 0) is 14.3 Å². The lowest BCUT2D eigenvalue weighted by atomic mass is 9.97. The smallest absolute Gasteiger partial charge is 0.335 e. The Labute approximate surface area is 72.9 Å². The zero-order valence-electron chi connectivity index (χ0n) is 6.43. The van der Waals surface area contributed by atoms with E-state index in [0.29, 0.717) is 0 Å². The van der Waals surface area contributed by atoms with Crippen LogP contribution in [0.4, 0.5) is 0 Å². The summed E-state index contributed by atoms with van der Waals surface area (Å²) in [6.45, 7) is 0. The Hall–Kier alpha value is -1.62. The molecule has 68 valence electrons. The van der Waals surface area contributed by atoms with Gasteiger partial charge in [0.15, 0.2) is 0 Å². The van der Waals surface area contributed by atoms with Crippen molar-refractivity contribution >= 4 is 11.9 Å². The second-order valence-corrected chi connectivity index (χ2v) is 2.80. The Morgan fingerprint density at radius 1 is 1.08 bits per heavy atom. The van der Waals surface area contributed by atoms with E-state index in [0.717, 1.165) is 0 Å². The van der Waals surface area contributed by atoms with Crippen molar-refractivity contribution in [1.82, 2.24) is 0 Å². The van der Waals surface area contributed by atoms with Gasteiger partial charge in [-0.1, -0.05) is 12.2 Å². The van der Waals surface area contributed by atoms with Crippen LogP contribution >= 0.6 is 0 Å². The molecule has 0 radical (unpaired) electrons. The predicted molar refractivity (Wildman–Crippen MR) is 40.1 cm³/mol. The Kier molecular flexibility index (Phi) is 1.50. The van der Waals surface area contributed by atoms with Crippen LogP contribution in [0, 0.1) is 0 Å². The molecular formula is C8H6O5. The minimum absolute atomic E-state index is 0.153. The summed E-state index contributed by atoms with van der Waals surface area (Å²) in [6, 6.07) is 0. The highest BCUT2D eigenvalue weighted by molar-refractivity contribution is 6.02. The quantitative estimate of drug-likeness (QED) is 0.577.